The maximum Gasteiger partial charge on any atom is 0.243 e. The van der Waals surface area contributed by atoms with Gasteiger partial charge in [-0.3, -0.25) is 29.1 Å². The van der Waals surface area contributed by atoms with Crippen molar-refractivity contribution in [2.75, 3.05) is 59.5 Å². The Kier molecular flexibility index (Phi) is 11.1. The third kappa shape index (κ3) is 8.25. The van der Waals surface area contributed by atoms with Crippen LogP contribution < -0.4 is 5.32 Å². The van der Waals surface area contributed by atoms with Crippen LogP contribution in [0.2, 0.25) is 0 Å². The third-order valence-corrected chi connectivity index (χ3v) is 8.30. The summed E-state index contributed by atoms with van der Waals surface area (Å²) in [4.78, 5) is 65.4. The van der Waals surface area contributed by atoms with E-state index in [2.05, 4.69) is 10.3 Å². The number of likely N-dealkylation sites (tertiary alicyclic amines) is 1. The maximum atomic E-state index is 13.7. The lowest BCUT2D eigenvalue weighted by Gasteiger charge is -2.36. The standard InChI is InChI=1S/C30H46N6O5/c1-22(2)16-28(38)35-13-7-12-34(27(37)17-23-8-6-9-31-19-23)11-5-4-10-32-29(39)25-18-24(35)20-36(25)30(40)26-21-41-15-14-33(26)3/h6,8-9,19,22,24-26H,4-5,7,10-18,20-21H2,1-3H3,(H,32,39)/t24-,25-,26-/m0/s1. The zero-order valence-corrected chi connectivity index (χ0v) is 24.8. The second-order valence-electron chi connectivity index (χ2n) is 11.9. The summed E-state index contributed by atoms with van der Waals surface area (Å²) in [7, 11) is 1.91. The van der Waals surface area contributed by atoms with Crippen LogP contribution in [0.4, 0.5) is 0 Å². The first-order valence-electron chi connectivity index (χ1n) is 15.1. The number of aromatic nitrogens is 1. The highest BCUT2D eigenvalue weighted by molar-refractivity contribution is 5.91. The maximum absolute atomic E-state index is 13.7. The minimum absolute atomic E-state index is 0.0249. The topological polar surface area (TPSA) is 115 Å². The van der Waals surface area contributed by atoms with E-state index in [1.54, 1.807) is 17.3 Å². The van der Waals surface area contributed by atoms with Crippen molar-refractivity contribution in [3.8, 4) is 0 Å². The number of nitrogens with one attached hydrogen (secondary N) is 1. The van der Waals surface area contributed by atoms with E-state index in [1.165, 1.54) is 0 Å². The van der Waals surface area contributed by atoms with Crippen LogP contribution in [0.25, 0.3) is 0 Å². The monoisotopic (exact) mass is 570 g/mol. The van der Waals surface area contributed by atoms with E-state index in [0.29, 0.717) is 71.7 Å². The number of fused-ring (bicyclic) bond motifs is 2. The van der Waals surface area contributed by atoms with E-state index >= 15 is 0 Å². The number of nitrogens with zero attached hydrogens (tertiary/aromatic N) is 5. The molecule has 0 aromatic carbocycles. The van der Waals surface area contributed by atoms with Crippen LogP contribution in [-0.2, 0) is 30.3 Å². The summed E-state index contributed by atoms with van der Waals surface area (Å²) in [6.45, 7) is 7.93. The lowest BCUT2D eigenvalue weighted by atomic mass is 10.1. The highest BCUT2D eigenvalue weighted by Crippen LogP contribution is 2.26. The molecule has 4 amide bonds. The Bertz CT molecular complexity index is 1050. The van der Waals surface area contributed by atoms with Gasteiger partial charge in [0.2, 0.25) is 23.6 Å². The Morgan fingerprint density at radius 3 is 2.61 bits per heavy atom. The van der Waals surface area contributed by atoms with Gasteiger partial charge in [-0.1, -0.05) is 19.9 Å². The molecule has 3 aliphatic heterocycles. The van der Waals surface area contributed by atoms with Crippen LogP contribution in [0.1, 0.15) is 51.5 Å². The van der Waals surface area contributed by atoms with Gasteiger partial charge >= 0.3 is 0 Å². The summed E-state index contributed by atoms with van der Waals surface area (Å²) < 4.78 is 5.60. The van der Waals surface area contributed by atoms with Crippen molar-refractivity contribution in [2.24, 2.45) is 5.92 Å². The molecule has 1 aromatic heterocycles. The van der Waals surface area contributed by atoms with E-state index in [0.717, 1.165) is 18.4 Å². The average Bonchev–Trinajstić information content (AvgIpc) is 3.38. The summed E-state index contributed by atoms with van der Waals surface area (Å²) in [6.07, 6.45) is 6.58. The Balaban J connectivity index is 1.53. The number of pyridine rings is 1. The van der Waals surface area contributed by atoms with E-state index < -0.39 is 12.1 Å². The first-order valence-corrected chi connectivity index (χ1v) is 15.1. The minimum Gasteiger partial charge on any atom is -0.378 e. The highest BCUT2D eigenvalue weighted by Gasteiger charge is 2.45. The number of carbonyl (C=O) groups is 4. The van der Waals surface area contributed by atoms with Crippen LogP contribution in [0.15, 0.2) is 24.5 Å². The number of amides is 4. The number of ether oxygens (including phenoxy) is 1. The molecule has 41 heavy (non-hydrogen) atoms. The molecule has 0 radical (unpaired) electrons. The molecule has 1 N–H and O–H groups in total. The van der Waals surface area contributed by atoms with Crippen LogP contribution in [0, 0.1) is 5.92 Å². The fourth-order valence-corrected chi connectivity index (χ4v) is 5.99. The van der Waals surface area contributed by atoms with Gasteiger partial charge < -0.3 is 24.8 Å². The lowest BCUT2D eigenvalue weighted by Crippen LogP contribution is -2.56. The first kappa shape index (κ1) is 30.9. The number of hydrogen-bond donors (Lipinski definition) is 1. The second-order valence-corrected chi connectivity index (χ2v) is 11.9. The number of likely N-dealkylation sites (N-methyl/N-ethyl adjacent to an activating group) is 1. The molecule has 3 aliphatic rings. The summed E-state index contributed by atoms with van der Waals surface area (Å²) in [5.74, 6) is -0.0669. The van der Waals surface area contributed by atoms with E-state index in [4.69, 9.17) is 4.74 Å². The van der Waals surface area contributed by atoms with Crippen molar-refractivity contribution in [1.82, 2.24) is 29.9 Å². The Labute approximate surface area is 243 Å². The van der Waals surface area contributed by atoms with E-state index in [1.807, 2.05) is 47.7 Å². The van der Waals surface area contributed by atoms with Crippen molar-refractivity contribution in [3.05, 3.63) is 30.1 Å². The largest absolute Gasteiger partial charge is 0.378 e. The number of carbonyl (C=O) groups excluding carboxylic acids is 4. The van der Waals surface area contributed by atoms with E-state index in [-0.39, 0.29) is 42.0 Å². The molecule has 3 fully saturated rings. The summed E-state index contributed by atoms with van der Waals surface area (Å²) in [5.41, 5.74) is 0.869. The normalized spacial score (nSPS) is 25.1. The van der Waals surface area contributed by atoms with Crippen LogP contribution in [0.3, 0.4) is 0 Å². The molecule has 3 atom stereocenters. The lowest BCUT2D eigenvalue weighted by molar-refractivity contribution is -0.147. The molecule has 0 aliphatic carbocycles. The number of morpholine rings is 1. The van der Waals surface area contributed by atoms with Gasteiger partial charge in [-0.05, 0) is 50.3 Å². The van der Waals surface area contributed by atoms with Gasteiger partial charge in [-0.2, -0.15) is 0 Å². The molecule has 3 saturated heterocycles. The molecule has 0 spiro atoms. The van der Waals surface area contributed by atoms with Crippen molar-refractivity contribution < 1.29 is 23.9 Å². The molecule has 1 aromatic rings. The summed E-state index contributed by atoms with van der Waals surface area (Å²) >= 11 is 0. The average molecular weight is 571 g/mol. The third-order valence-electron chi connectivity index (χ3n) is 8.30. The molecule has 4 heterocycles. The quantitative estimate of drug-likeness (QED) is 0.560. The van der Waals surface area contributed by atoms with Gasteiger partial charge in [0.05, 0.1) is 25.7 Å². The van der Waals surface area contributed by atoms with Crippen LogP contribution >= 0.6 is 0 Å². The molecule has 0 saturated carbocycles. The Hall–Kier alpha value is -3.05. The smallest absolute Gasteiger partial charge is 0.243 e. The van der Waals surface area contributed by atoms with Gasteiger partial charge in [0.1, 0.15) is 12.1 Å². The van der Waals surface area contributed by atoms with Crippen LogP contribution in [0.5, 0.6) is 0 Å². The molecule has 11 heteroatoms. The molecule has 0 unspecified atom stereocenters. The van der Waals surface area contributed by atoms with Gasteiger partial charge in [0, 0.05) is 58.1 Å². The first-order chi connectivity index (χ1) is 19.7. The fraction of sp³-hybridized carbons (Fsp3) is 0.700. The van der Waals surface area contributed by atoms with Crippen molar-refractivity contribution in [2.45, 2.75) is 70.5 Å². The highest BCUT2D eigenvalue weighted by atomic mass is 16.5. The van der Waals surface area contributed by atoms with Gasteiger partial charge in [0.25, 0.3) is 0 Å². The SMILES string of the molecule is CC(C)CC(=O)N1CCCN(C(=O)Cc2cccnc2)CCCCNC(=O)[C@@H]2C[C@H]1CN2C(=O)[C@@H]1COCCN1C. The minimum atomic E-state index is -0.627. The number of hydrogen-bond acceptors (Lipinski definition) is 7. The molecule has 11 nitrogen and oxygen atoms in total. The van der Waals surface area contributed by atoms with Gasteiger partial charge in [0.15, 0.2) is 0 Å². The molecule has 2 bridgehead atoms. The van der Waals surface area contributed by atoms with Crippen molar-refractivity contribution in [1.29, 1.82) is 0 Å². The zero-order valence-electron chi connectivity index (χ0n) is 24.8. The second kappa shape index (κ2) is 14.7. The molecule has 4 rings (SSSR count). The molecule has 226 valence electrons. The van der Waals surface area contributed by atoms with Crippen molar-refractivity contribution >= 4 is 23.6 Å². The molecular formula is C30H46N6O5. The fourth-order valence-electron chi connectivity index (χ4n) is 5.99. The van der Waals surface area contributed by atoms with Crippen molar-refractivity contribution in [3.63, 3.8) is 0 Å². The summed E-state index contributed by atoms with van der Waals surface area (Å²) in [6, 6.07) is 2.39. The van der Waals surface area contributed by atoms with Gasteiger partial charge in [-0.25, -0.2) is 0 Å². The Morgan fingerprint density at radius 2 is 1.88 bits per heavy atom. The number of rotatable bonds is 5. The van der Waals surface area contributed by atoms with E-state index in [9.17, 15) is 19.2 Å². The zero-order chi connectivity index (χ0) is 29.4. The Morgan fingerprint density at radius 1 is 1.07 bits per heavy atom. The van der Waals surface area contributed by atoms with Gasteiger partial charge in [-0.15, -0.1) is 0 Å². The molecular weight excluding hydrogens is 524 g/mol. The predicted molar refractivity (Wildman–Crippen MR) is 154 cm³/mol. The summed E-state index contributed by atoms with van der Waals surface area (Å²) in [5, 5.41) is 3.03. The van der Waals surface area contributed by atoms with Crippen LogP contribution in [-0.4, -0.2) is 126 Å². The predicted octanol–water partition coefficient (Wildman–Crippen LogP) is 0.928.